The van der Waals surface area contributed by atoms with E-state index in [0.29, 0.717) is 24.7 Å². The standard InChI is InChI=1S/C20H32Cl2N2O6/c1-29-24(20-19(28)18(27)17(26)16(13-25)30-20)10-2-3-14-4-6-15(7-5-14)23(11-8-21)12-9-22/h4-7,16-20,25-28H,2-3,8-13H2,1H3/t16-,17-,18-,19+,20?/m1/s1. The number of ether oxygens (including phenoxy) is 1. The van der Waals surface area contributed by atoms with E-state index in [1.165, 1.54) is 12.2 Å². The maximum Gasteiger partial charge on any atom is 0.162 e. The van der Waals surface area contributed by atoms with Crippen molar-refractivity contribution in [3.05, 3.63) is 29.8 Å². The summed E-state index contributed by atoms with van der Waals surface area (Å²) < 4.78 is 5.54. The van der Waals surface area contributed by atoms with Crippen LogP contribution in [0, 0.1) is 0 Å². The molecule has 1 aromatic carbocycles. The summed E-state index contributed by atoms with van der Waals surface area (Å²) in [4.78, 5) is 7.46. The topological polar surface area (TPSA) is 106 Å². The maximum absolute atomic E-state index is 10.2. The molecule has 0 radical (unpaired) electrons. The first-order valence-electron chi connectivity index (χ1n) is 10.0. The summed E-state index contributed by atoms with van der Waals surface area (Å²) in [5, 5.41) is 40.9. The van der Waals surface area contributed by atoms with E-state index < -0.39 is 37.3 Å². The van der Waals surface area contributed by atoms with Crippen molar-refractivity contribution in [1.82, 2.24) is 5.06 Å². The molecule has 1 fully saturated rings. The third-order valence-corrected chi connectivity index (χ3v) is 5.58. The number of halogens is 2. The molecule has 0 bridgehead atoms. The number of alkyl halides is 2. The Balaban J connectivity index is 1.91. The number of hydrogen-bond acceptors (Lipinski definition) is 8. The molecule has 1 aromatic rings. The van der Waals surface area contributed by atoms with Crippen molar-refractivity contribution in [1.29, 1.82) is 0 Å². The van der Waals surface area contributed by atoms with Gasteiger partial charge in [-0.1, -0.05) is 12.1 Å². The number of benzene rings is 1. The van der Waals surface area contributed by atoms with Crippen LogP contribution in [0.5, 0.6) is 0 Å². The predicted octanol–water partition coefficient (Wildman–Crippen LogP) is 0.566. The van der Waals surface area contributed by atoms with Crippen molar-refractivity contribution in [2.75, 3.05) is 50.0 Å². The van der Waals surface area contributed by atoms with E-state index in [1.807, 2.05) is 12.1 Å². The second-order valence-electron chi connectivity index (χ2n) is 7.18. The second kappa shape index (κ2) is 13.0. The monoisotopic (exact) mass is 466 g/mol. The third kappa shape index (κ3) is 6.66. The Bertz CT molecular complexity index is 603. The maximum atomic E-state index is 10.2. The van der Waals surface area contributed by atoms with E-state index in [0.717, 1.165) is 30.8 Å². The highest BCUT2D eigenvalue weighted by Gasteiger charge is 2.45. The van der Waals surface area contributed by atoms with Gasteiger partial charge in [0.2, 0.25) is 0 Å². The van der Waals surface area contributed by atoms with Gasteiger partial charge in [0.05, 0.1) is 13.7 Å². The van der Waals surface area contributed by atoms with Crippen LogP contribution in [0.3, 0.4) is 0 Å². The quantitative estimate of drug-likeness (QED) is 0.261. The van der Waals surface area contributed by atoms with Crippen molar-refractivity contribution in [3.8, 4) is 0 Å². The molecular weight excluding hydrogens is 435 g/mol. The van der Waals surface area contributed by atoms with E-state index in [2.05, 4.69) is 17.0 Å². The lowest BCUT2D eigenvalue weighted by molar-refractivity contribution is -0.327. The van der Waals surface area contributed by atoms with Crippen LogP contribution in [-0.2, 0) is 16.0 Å². The predicted molar refractivity (Wildman–Crippen MR) is 116 cm³/mol. The largest absolute Gasteiger partial charge is 0.394 e. The van der Waals surface area contributed by atoms with Crippen molar-refractivity contribution in [2.45, 2.75) is 43.5 Å². The summed E-state index contributed by atoms with van der Waals surface area (Å²) in [5.74, 6) is 1.06. The minimum atomic E-state index is -1.44. The lowest BCUT2D eigenvalue weighted by Crippen LogP contribution is -2.63. The highest BCUT2D eigenvalue weighted by Crippen LogP contribution is 2.24. The second-order valence-corrected chi connectivity index (χ2v) is 7.93. The fourth-order valence-corrected chi connectivity index (χ4v) is 3.94. The van der Waals surface area contributed by atoms with Crippen LogP contribution < -0.4 is 4.90 Å². The first kappa shape index (κ1) is 25.6. The number of aryl methyl sites for hydroxylation is 1. The Morgan fingerprint density at radius 2 is 1.60 bits per heavy atom. The molecule has 2 rings (SSSR count). The lowest BCUT2D eigenvalue weighted by atomic mass is 9.98. The normalized spacial score (nSPS) is 26.9. The third-order valence-electron chi connectivity index (χ3n) is 5.24. The number of rotatable bonds is 12. The molecule has 10 heteroatoms. The number of aliphatic hydroxyl groups is 4. The van der Waals surface area contributed by atoms with Gasteiger partial charge in [0.1, 0.15) is 24.4 Å². The molecule has 5 atom stereocenters. The zero-order chi connectivity index (χ0) is 22.1. The average Bonchev–Trinajstić information content (AvgIpc) is 2.76. The molecule has 1 aliphatic rings. The van der Waals surface area contributed by atoms with E-state index in [4.69, 9.17) is 32.8 Å². The highest BCUT2D eigenvalue weighted by atomic mass is 35.5. The first-order valence-corrected chi connectivity index (χ1v) is 11.1. The highest BCUT2D eigenvalue weighted by molar-refractivity contribution is 6.18. The summed E-state index contributed by atoms with van der Waals surface area (Å²) >= 11 is 11.7. The van der Waals surface area contributed by atoms with Gasteiger partial charge in [-0.05, 0) is 30.5 Å². The van der Waals surface area contributed by atoms with Gasteiger partial charge >= 0.3 is 0 Å². The van der Waals surface area contributed by atoms with Gasteiger partial charge in [-0.2, -0.15) is 5.06 Å². The summed E-state index contributed by atoms with van der Waals surface area (Å²) in [6.45, 7) is 1.41. The average molecular weight is 467 g/mol. The van der Waals surface area contributed by atoms with Crippen molar-refractivity contribution in [2.24, 2.45) is 0 Å². The zero-order valence-electron chi connectivity index (χ0n) is 17.1. The molecule has 30 heavy (non-hydrogen) atoms. The molecule has 1 unspecified atom stereocenters. The molecule has 1 saturated heterocycles. The molecule has 0 aliphatic carbocycles. The van der Waals surface area contributed by atoms with E-state index in [-0.39, 0.29) is 0 Å². The number of nitrogens with zero attached hydrogens (tertiary/aromatic N) is 2. The van der Waals surface area contributed by atoms with Crippen molar-refractivity contribution < 1.29 is 30.0 Å². The van der Waals surface area contributed by atoms with Crippen molar-refractivity contribution >= 4 is 28.9 Å². The van der Waals surface area contributed by atoms with Gasteiger partial charge in [0, 0.05) is 37.1 Å². The van der Waals surface area contributed by atoms with Gasteiger partial charge in [-0.15, -0.1) is 23.2 Å². The first-order chi connectivity index (χ1) is 14.5. The van der Waals surface area contributed by atoms with Crippen LogP contribution in [0.2, 0.25) is 0 Å². The number of hydrogen-bond donors (Lipinski definition) is 4. The Kier molecular flexibility index (Phi) is 11.1. The Hall–Kier alpha value is -0.680. The van der Waals surface area contributed by atoms with Crippen molar-refractivity contribution in [3.63, 3.8) is 0 Å². The van der Waals surface area contributed by atoms with E-state index >= 15 is 0 Å². The summed E-state index contributed by atoms with van der Waals surface area (Å²) in [6, 6.07) is 8.19. The minimum absolute atomic E-state index is 0.422. The SMILES string of the molecule is CON(CCCc1ccc(N(CCCl)CCCl)cc1)C1O[C@H](CO)[C@@H](O)[C@@H](O)[C@@H]1O. The molecule has 172 valence electrons. The smallest absolute Gasteiger partial charge is 0.162 e. The molecule has 8 nitrogen and oxygen atoms in total. The Labute approximate surface area is 187 Å². The zero-order valence-corrected chi connectivity index (χ0v) is 18.6. The van der Waals surface area contributed by atoms with Crippen LogP contribution >= 0.6 is 23.2 Å². The fourth-order valence-electron chi connectivity index (χ4n) is 3.53. The molecule has 0 aromatic heterocycles. The molecule has 0 saturated carbocycles. The van der Waals surface area contributed by atoms with Gasteiger partial charge in [0.25, 0.3) is 0 Å². The molecular formula is C20H32Cl2N2O6. The minimum Gasteiger partial charge on any atom is -0.394 e. The van der Waals surface area contributed by atoms with Crippen LogP contribution in [0.1, 0.15) is 12.0 Å². The van der Waals surface area contributed by atoms with Gasteiger partial charge < -0.3 is 30.1 Å². The summed E-state index contributed by atoms with van der Waals surface area (Å²) in [6.07, 6.45) is -4.68. The molecule has 4 N–H and O–H groups in total. The van der Waals surface area contributed by atoms with Crippen LogP contribution in [0.4, 0.5) is 5.69 Å². The Morgan fingerprint density at radius 3 is 2.13 bits per heavy atom. The fraction of sp³-hybridized carbons (Fsp3) is 0.700. The van der Waals surface area contributed by atoms with E-state index in [1.54, 1.807) is 0 Å². The van der Waals surface area contributed by atoms with Gasteiger partial charge in [-0.25, -0.2) is 0 Å². The number of anilines is 1. The molecule has 0 spiro atoms. The van der Waals surface area contributed by atoms with Crippen LogP contribution in [0.25, 0.3) is 0 Å². The lowest BCUT2D eigenvalue weighted by Gasteiger charge is -2.43. The summed E-state index contributed by atoms with van der Waals surface area (Å²) in [5.41, 5.74) is 2.21. The molecule has 1 aliphatic heterocycles. The summed E-state index contributed by atoms with van der Waals surface area (Å²) in [7, 11) is 1.44. The molecule has 0 amide bonds. The van der Waals surface area contributed by atoms with Crippen LogP contribution in [-0.4, -0.2) is 101 Å². The molecule has 1 heterocycles. The Morgan fingerprint density at radius 1 is 0.967 bits per heavy atom. The number of aliphatic hydroxyl groups excluding tert-OH is 4. The number of hydroxylamine groups is 2. The van der Waals surface area contributed by atoms with Gasteiger partial charge in [-0.3, -0.25) is 4.84 Å². The van der Waals surface area contributed by atoms with E-state index in [9.17, 15) is 20.4 Å². The van der Waals surface area contributed by atoms with Gasteiger partial charge in [0.15, 0.2) is 6.23 Å². The van der Waals surface area contributed by atoms with Crippen LogP contribution in [0.15, 0.2) is 24.3 Å².